The van der Waals surface area contributed by atoms with Crippen molar-refractivity contribution in [1.29, 1.82) is 0 Å². The summed E-state index contributed by atoms with van der Waals surface area (Å²) in [7, 11) is 1.68. The standard InChI is InChI=1S/C16H19NO2/c1-11-7-8-15(16(9-11)19-3)12(2)17-13-5-4-6-14(18)10-13/h4-10,12,17-18H,1-3H3. The summed E-state index contributed by atoms with van der Waals surface area (Å²) >= 11 is 0. The van der Waals surface area contributed by atoms with Crippen LogP contribution in [0, 0.1) is 6.92 Å². The third kappa shape index (κ3) is 3.19. The van der Waals surface area contributed by atoms with Crippen LogP contribution in [-0.4, -0.2) is 12.2 Å². The number of ether oxygens (including phenoxy) is 1. The fourth-order valence-corrected chi connectivity index (χ4v) is 2.10. The molecular weight excluding hydrogens is 238 g/mol. The number of benzene rings is 2. The molecule has 0 bridgehead atoms. The molecule has 100 valence electrons. The molecule has 3 nitrogen and oxygen atoms in total. The highest BCUT2D eigenvalue weighted by Gasteiger charge is 2.11. The second-order valence-corrected chi connectivity index (χ2v) is 4.66. The Morgan fingerprint density at radius 2 is 1.95 bits per heavy atom. The van der Waals surface area contributed by atoms with Gasteiger partial charge in [0, 0.05) is 17.3 Å². The van der Waals surface area contributed by atoms with E-state index in [1.54, 1.807) is 19.2 Å². The molecular formula is C16H19NO2. The molecule has 0 aliphatic heterocycles. The molecule has 0 saturated heterocycles. The molecule has 0 aliphatic carbocycles. The van der Waals surface area contributed by atoms with Crippen molar-refractivity contribution in [3.05, 3.63) is 53.6 Å². The third-order valence-electron chi connectivity index (χ3n) is 3.08. The van der Waals surface area contributed by atoms with Crippen LogP contribution in [0.4, 0.5) is 5.69 Å². The van der Waals surface area contributed by atoms with Gasteiger partial charge in [-0.05, 0) is 37.6 Å². The molecule has 0 heterocycles. The third-order valence-corrected chi connectivity index (χ3v) is 3.08. The lowest BCUT2D eigenvalue weighted by atomic mass is 10.0. The molecule has 1 atom stereocenters. The van der Waals surface area contributed by atoms with Gasteiger partial charge >= 0.3 is 0 Å². The molecule has 2 rings (SSSR count). The minimum Gasteiger partial charge on any atom is -0.508 e. The number of hydrogen-bond donors (Lipinski definition) is 2. The summed E-state index contributed by atoms with van der Waals surface area (Å²) in [6.45, 7) is 4.11. The van der Waals surface area contributed by atoms with Gasteiger partial charge in [0.15, 0.2) is 0 Å². The number of methoxy groups -OCH3 is 1. The summed E-state index contributed by atoms with van der Waals surface area (Å²) < 4.78 is 5.42. The molecule has 0 aliphatic rings. The Kier molecular flexibility index (Phi) is 3.95. The van der Waals surface area contributed by atoms with Gasteiger partial charge in [-0.2, -0.15) is 0 Å². The lowest BCUT2D eigenvalue weighted by Crippen LogP contribution is -2.08. The van der Waals surface area contributed by atoms with Crippen molar-refractivity contribution in [3.8, 4) is 11.5 Å². The van der Waals surface area contributed by atoms with Gasteiger partial charge in [-0.25, -0.2) is 0 Å². The van der Waals surface area contributed by atoms with Crippen LogP contribution in [0.25, 0.3) is 0 Å². The molecule has 2 N–H and O–H groups in total. The smallest absolute Gasteiger partial charge is 0.124 e. The maximum Gasteiger partial charge on any atom is 0.124 e. The average molecular weight is 257 g/mol. The highest BCUT2D eigenvalue weighted by atomic mass is 16.5. The number of phenols is 1. The highest BCUT2D eigenvalue weighted by Crippen LogP contribution is 2.29. The van der Waals surface area contributed by atoms with Crippen LogP contribution < -0.4 is 10.1 Å². The van der Waals surface area contributed by atoms with E-state index in [4.69, 9.17) is 4.74 Å². The second kappa shape index (κ2) is 5.65. The molecule has 0 fully saturated rings. The van der Waals surface area contributed by atoms with E-state index in [0.717, 1.165) is 17.0 Å². The number of rotatable bonds is 4. The molecule has 0 radical (unpaired) electrons. The van der Waals surface area contributed by atoms with Gasteiger partial charge in [0.05, 0.1) is 13.2 Å². The van der Waals surface area contributed by atoms with E-state index in [0.29, 0.717) is 0 Å². The van der Waals surface area contributed by atoms with Gasteiger partial charge in [-0.15, -0.1) is 0 Å². The second-order valence-electron chi connectivity index (χ2n) is 4.66. The molecule has 0 saturated carbocycles. The zero-order valence-electron chi connectivity index (χ0n) is 11.5. The van der Waals surface area contributed by atoms with Crippen molar-refractivity contribution >= 4 is 5.69 Å². The summed E-state index contributed by atoms with van der Waals surface area (Å²) in [4.78, 5) is 0. The first-order valence-electron chi connectivity index (χ1n) is 6.30. The summed E-state index contributed by atoms with van der Waals surface area (Å²) in [5, 5.41) is 12.8. The van der Waals surface area contributed by atoms with Gasteiger partial charge in [0.1, 0.15) is 11.5 Å². The van der Waals surface area contributed by atoms with Crippen LogP contribution in [0.2, 0.25) is 0 Å². The highest BCUT2D eigenvalue weighted by molar-refractivity contribution is 5.51. The van der Waals surface area contributed by atoms with Crippen LogP contribution >= 0.6 is 0 Å². The van der Waals surface area contributed by atoms with Crippen molar-refractivity contribution < 1.29 is 9.84 Å². The fraction of sp³-hybridized carbons (Fsp3) is 0.250. The Bertz CT molecular complexity index is 566. The Morgan fingerprint density at radius 3 is 2.63 bits per heavy atom. The van der Waals surface area contributed by atoms with E-state index >= 15 is 0 Å². The predicted molar refractivity (Wildman–Crippen MR) is 77.9 cm³/mol. The maximum absolute atomic E-state index is 9.47. The van der Waals surface area contributed by atoms with Crippen molar-refractivity contribution in [2.45, 2.75) is 19.9 Å². The summed E-state index contributed by atoms with van der Waals surface area (Å²) in [5.41, 5.74) is 3.15. The number of aryl methyl sites for hydroxylation is 1. The van der Waals surface area contributed by atoms with Crippen molar-refractivity contribution in [2.75, 3.05) is 12.4 Å². The first-order chi connectivity index (χ1) is 9.10. The molecule has 2 aromatic carbocycles. The summed E-state index contributed by atoms with van der Waals surface area (Å²) in [6.07, 6.45) is 0. The number of anilines is 1. The SMILES string of the molecule is COc1cc(C)ccc1C(C)Nc1cccc(O)c1. The van der Waals surface area contributed by atoms with Crippen molar-refractivity contribution in [1.82, 2.24) is 0 Å². The first kappa shape index (κ1) is 13.3. The Morgan fingerprint density at radius 1 is 1.16 bits per heavy atom. The zero-order valence-corrected chi connectivity index (χ0v) is 11.5. The van der Waals surface area contributed by atoms with Crippen LogP contribution in [0.1, 0.15) is 24.1 Å². The van der Waals surface area contributed by atoms with Gasteiger partial charge in [-0.3, -0.25) is 0 Å². The number of aromatic hydroxyl groups is 1. The van der Waals surface area contributed by atoms with Crippen LogP contribution in [0.15, 0.2) is 42.5 Å². The Labute approximate surface area is 113 Å². The van der Waals surface area contributed by atoms with Crippen LogP contribution in [0.5, 0.6) is 11.5 Å². The lowest BCUT2D eigenvalue weighted by Gasteiger charge is -2.19. The van der Waals surface area contributed by atoms with Crippen molar-refractivity contribution in [2.24, 2.45) is 0 Å². The molecule has 0 amide bonds. The lowest BCUT2D eigenvalue weighted by molar-refractivity contribution is 0.407. The largest absolute Gasteiger partial charge is 0.508 e. The molecule has 3 heteroatoms. The van der Waals surface area contributed by atoms with Gasteiger partial charge < -0.3 is 15.2 Å². The van der Waals surface area contributed by atoms with Gasteiger partial charge in [0.25, 0.3) is 0 Å². The van der Waals surface area contributed by atoms with E-state index in [1.807, 2.05) is 25.1 Å². The zero-order chi connectivity index (χ0) is 13.8. The van der Waals surface area contributed by atoms with E-state index in [2.05, 4.69) is 24.4 Å². The molecule has 0 spiro atoms. The summed E-state index contributed by atoms with van der Waals surface area (Å²) in [5.74, 6) is 1.13. The number of phenolic OH excluding ortho intramolecular Hbond substituents is 1. The minimum absolute atomic E-state index is 0.0948. The van der Waals surface area contributed by atoms with E-state index < -0.39 is 0 Å². The molecule has 1 unspecified atom stereocenters. The van der Waals surface area contributed by atoms with Gasteiger partial charge in [0.2, 0.25) is 0 Å². The van der Waals surface area contributed by atoms with Crippen LogP contribution in [-0.2, 0) is 0 Å². The van der Waals surface area contributed by atoms with Crippen molar-refractivity contribution in [3.63, 3.8) is 0 Å². The van der Waals surface area contributed by atoms with Crippen LogP contribution in [0.3, 0.4) is 0 Å². The number of nitrogens with one attached hydrogen (secondary N) is 1. The van der Waals surface area contributed by atoms with E-state index in [9.17, 15) is 5.11 Å². The topological polar surface area (TPSA) is 41.5 Å². The van der Waals surface area contributed by atoms with E-state index in [-0.39, 0.29) is 11.8 Å². The molecule has 2 aromatic rings. The monoisotopic (exact) mass is 257 g/mol. The quantitative estimate of drug-likeness (QED) is 0.873. The fourth-order valence-electron chi connectivity index (χ4n) is 2.10. The number of hydrogen-bond acceptors (Lipinski definition) is 3. The average Bonchev–Trinajstić information content (AvgIpc) is 2.38. The molecule has 19 heavy (non-hydrogen) atoms. The first-order valence-corrected chi connectivity index (χ1v) is 6.30. The van der Waals surface area contributed by atoms with E-state index in [1.165, 1.54) is 5.56 Å². The predicted octanol–water partition coefficient (Wildman–Crippen LogP) is 3.88. The molecule has 0 aromatic heterocycles. The Hall–Kier alpha value is -2.16. The maximum atomic E-state index is 9.47. The minimum atomic E-state index is 0.0948. The normalized spacial score (nSPS) is 11.9. The summed E-state index contributed by atoms with van der Waals surface area (Å²) in [6, 6.07) is 13.4. The Balaban J connectivity index is 2.22. The van der Waals surface area contributed by atoms with Gasteiger partial charge in [-0.1, -0.05) is 18.2 Å².